The van der Waals surface area contributed by atoms with Gasteiger partial charge in [-0.3, -0.25) is 14.3 Å². The van der Waals surface area contributed by atoms with E-state index in [0.717, 1.165) is 32.9 Å². The Kier molecular flexibility index (Phi) is 5.60. The van der Waals surface area contributed by atoms with Gasteiger partial charge in [-0.25, -0.2) is 4.98 Å². The van der Waals surface area contributed by atoms with E-state index in [1.807, 2.05) is 52.9 Å². The minimum absolute atomic E-state index is 0.0644. The van der Waals surface area contributed by atoms with E-state index in [0.29, 0.717) is 39.0 Å². The van der Waals surface area contributed by atoms with Gasteiger partial charge in [-0.05, 0) is 49.8 Å². The first-order valence-corrected chi connectivity index (χ1v) is 11.1. The molecular weight excluding hydrogens is 398 g/mol. The lowest BCUT2D eigenvalue weighted by Gasteiger charge is -2.34. The monoisotopic (exact) mass is 425 g/mol. The summed E-state index contributed by atoms with van der Waals surface area (Å²) in [6.07, 6.45) is 1.12. The highest BCUT2D eigenvalue weighted by molar-refractivity contribution is 7.12. The molecule has 4 heterocycles. The molecule has 3 aromatic heterocycles. The molecule has 158 valence electrons. The summed E-state index contributed by atoms with van der Waals surface area (Å²) < 4.78 is 1.82. The topological polar surface area (TPSA) is 71.3 Å². The van der Waals surface area contributed by atoms with Crippen molar-refractivity contribution in [2.75, 3.05) is 26.2 Å². The first-order chi connectivity index (χ1) is 14.4. The van der Waals surface area contributed by atoms with Crippen LogP contribution in [-0.4, -0.2) is 62.6 Å². The molecule has 1 aliphatic heterocycles. The fraction of sp³-hybridized carbons (Fsp3) is 0.455. The largest absolute Gasteiger partial charge is 0.339 e. The number of rotatable bonds is 4. The summed E-state index contributed by atoms with van der Waals surface area (Å²) in [5, 5.41) is 7.49. The maximum Gasteiger partial charge on any atom is 0.264 e. The number of piperazine rings is 1. The Morgan fingerprint density at radius 2 is 1.77 bits per heavy atom. The second-order valence-electron chi connectivity index (χ2n) is 7.86. The molecule has 0 radical (unpaired) electrons. The highest BCUT2D eigenvalue weighted by atomic mass is 32.1. The van der Waals surface area contributed by atoms with Crippen LogP contribution in [0.4, 0.5) is 0 Å². The maximum absolute atomic E-state index is 12.8. The molecule has 30 heavy (non-hydrogen) atoms. The number of fused-ring (bicyclic) bond motifs is 1. The van der Waals surface area contributed by atoms with E-state index in [1.54, 1.807) is 0 Å². The van der Waals surface area contributed by atoms with Crippen molar-refractivity contribution in [3.63, 3.8) is 0 Å². The summed E-state index contributed by atoms with van der Waals surface area (Å²) in [5.41, 5.74) is 5.13. The van der Waals surface area contributed by atoms with Crippen molar-refractivity contribution in [3.8, 4) is 0 Å². The highest BCUT2D eigenvalue weighted by Crippen LogP contribution is 2.26. The third kappa shape index (κ3) is 3.71. The zero-order chi connectivity index (χ0) is 21.4. The molecule has 0 aromatic carbocycles. The van der Waals surface area contributed by atoms with Gasteiger partial charge in [-0.15, -0.1) is 11.3 Å². The van der Waals surface area contributed by atoms with Crippen LogP contribution in [0, 0.1) is 20.8 Å². The molecule has 0 N–H and O–H groups in total. The second-order valence-corrected chi connectivity index (χ2v) is 8.81. The first kappa shape index (κ1) is 20.5. The van der Waals surface area contributed by atoms with E-state index in [2.05, 4.69) is 12.0 Å². The molecule has 1 saturated heterocycles. The van der Waals surface area contributed by atoms with Crippen molar-refractivity contribution in [3.05, 3.63) is 44.9 Å². The Morgan fingerprint density at radius 3 is 2.43 bits per heavy atom. The van der Waals surface area contributed by atoms with Gasteiger partial charge in [-0.2, -0.15) is 5.10 Å². The molecule has 0 unspecified atom stereocenters. The van der Waals surface area contributed by atoms with Gasteiger partial charge in [0.05, 0.1) is 10.6 Å². The molecule has 0 spiro atoms. The van der Waals surface area contributed by atoms with Gasteiger partial charge in [0.2, 0.25) is 5.91 Å². The van der Waals surface area contributed by atoms with Crippen molar-refractivity contribution >= 4 is 34.2 Å². The van der Waals surface area contributed by atoms with E-state index in [9.17, 15) is 9.59 Å². The van der Waals surface area contributed by atoms with E-state index < -0.39 is 0 Å². The van der Waals surface area contributed by atoms with Gasteiger partial charge < -0.3 is 9.80 Å². The molecule has 8 heteroatoms. The average molecular weight is 426 g/mol. The molecule has 0 bridgehead atoms. The Bertz CT molecular complexity index is 1090. The Morgan fingerprint density at radius 1 is 1.07 bits per heavy atom. The van der Waals surface area contributed by atoms with Gasteiger partial charge in [0.1, 0.15) is 0 Å². The van der Waals surface area contributed by atoms with Crippen LogP contribution in [0.5, 0.6) is 0 Å². The van der Waals surface area contributed by atoms with Gasteiger partial charge in [0, 0.05) is 50.7 Å². The normalized spacial score (nSPS) is 14.5. The van der Waals surface area contributed by atoms with Gasteiger partial charge >= 0.3 is 0 Å². The summed E-state index contributed by atoms with van der Waals surface area (Å²) in [6.45, 7) is 8.45. The molecule has 7 nitrogen and oxygen atoms in total. The van der Waals surface area contributed by atoms with Gasteiger partial charge in [0.25, 0.3) is 5.91 Å². The molecule has 4 rings (SSSR count). The van der Waals surface area contributed by atoms with Gasteiger partial charge in [0.15, 0.2) is 5.65 Å². The van der Waals surface area contributed by atoms with Crippen LogP contribution in [0.3, 0.4) is 0 Å². The van der Waals surface area contributed by atoms with Crippen LogP contribution in [0.25, 0.3) is 11.0 Å². The lowest BCUT2D eigenvalue weighted by atomic mass is 9.99. The van der Waals surface area contributed by atoms with Crippen LogP contribution >= 0.6 is 11.3 Å². The van der Waals surface area contributed by atoms with Crippen LogP contribution in [0.15, 0.2) is 17.5 Å². The number of carbonyl (C=O) groups is 2. The molecule has 0 atom stereocenters. The second kappa shape index (κ2) is 8.18. The zero-order valence-corrected chi connectivity index (χ0v) is 18.8. The number of aryl methyl sites for hydroxylation is 4. The number of nitrogens with zero attached hydrogens (tertiary/aromatic N) is 5. The predicted molar refractivity (Wildman–Crippen MR) is 118 cm³/mol. The molecule has 2 amide bonds. The summed E-state index contributed by atoms with van der Waals surface area (Å²) in [5.74, 6) is 0.203. The average Bonchev–Trinajstić information content (AvgIpc) is 3.36. The number of amides is 2. The molecule has 3 aromatic rings. The van der Waals surface area contributed by atoms with E-state index in [1.165, 1.54) is 16.9 Å². The van der Waals surface area contributed by atoms with Crippen LogP contribution < -0.4 is 0 Å². The number of carbonyl (C=O) groups excluding carboxylic acids is 2. The SMILES string of the molecule is Cc1nc2c(c(C)nn2C)c(C)c1CCC(=O)N1CCN(C(=O)c2cccs2)CC1. The van der Waals surface area contributed by atoms with Crippen LogP contribution in [0.2, 0.25) is 0 Å². The van der Waals surface area contributed by atoms with Gasteiger partial charge in [-0.1, -0.05) is 6.07 Å². The minimum Gasteiger partial charge on any atom is -0.339 e. The maximum atomic E-state index is 12.8. The molecule has 1 aliphatic rings. The molecular formula is C22H27N5O2S. The summed E-state index contributed by atoms with van der Waals surface area (Å²) in [6, 6.07) is 3.74. The zero-order valence-electron chi connectivity index (χ0n) is 17.9. The number of aromatic nitrogens is 3. The lowest BCUT2D eigenvalue weighted by molar-refractivity contribution is -0.132. The Hall–Kier alpha value is -2.74. The standard InChI is InChI=1S/C22H27N5O2S/c1-14-17(15(2)23-21-20(14)16(3)24-25(21)4)7-8-19(28)26-9-11-27(12-10-26)22(29)18-6-5-13-30-18/h5-6,13H,7-12H2,1-4H3. The van der Waals surface area contributed by atoms with Crippen molar-refractivity contribution in [2.24, 2.45) is 7.05 Å². The molecule has 0 aliphatic carbocycles. The third-order valence-electron chi connectivity index (χ3n) is 5.97. The minimum atomic E-state index is 0.0644. The molecule has 0 saturated carbocycles. The quantitative estimate of drug-likeness (QED) is 0.644. The Labute approximate surface area is 180 Å². The van der Waals surface area contributed by atoms with Crippen LogP contribution in [-0.2, 0) is 18.3 Å². The number of hydrogen-bond donors (Lipinski definition) is 0. The summed E-state index contributed by atoms with van der Waals surface area (Å²) in [7, 11) is 1.91. The first-order valence-electron chi connectivity index (χ1n) is 10.3. The summed E-state index contributed by atoms with van der Waals surface area (Å²) in [4.78, 5) is 34.5. The Balaban J connectivity index is 1.39. The fourth-order valence-corrected chi connectivity index (χ4v) is 5.03. The predicted octanol–water partition coefficient (Wildman–Crippen LogP) is 2.87. The van der Waals surface area contributed by atoms with Crippen LogP contribution in [0.1, 0.15) is 38.6 Å². The fourth-order valence-electron chi connectivity index (χ4n) is 4.34. The highest BCUT2D eigenvalue weighted by Gasteiger charge is 2.25. The van der Waals surface area contributed by atoms with Crippen molar-refractivity contribution in [1.29, 1.82) is 0 Å². The molecule has 1 fully saturated rings. The van der Waals surface area contributed by atoms with Crippen molar-refractivity contribution in [2.45, 2.75) is 33.6 Å². The third-order valence-corrected chi connectivity index (χ3v) is 6.83. The van der Waals surface area contributed by atoms with E-state index in [-0.39, 0.29) is 11.8 Å². The smallest absolute Gasteiger partial charge is 0.264 e. The number of thiophene rings is 1. The van der Waals surface area contributed by atoms with E-state index >= 15 is 0 Å². The summed E-state index contributed by atoms with van der Waals surface area (Å²) >= 11 is 1.46. The van der Waals surface area contributed by atoms with Crippen molar-refractivity contribution in [1.82, 2.24) is 24.6 Å². The number of hydrogen-bond acceptors (Lipinski definition) is 5. The number of pyridine rings is 1. The van der Waals surface area contributed by atoms with Crippen molar-refractivity contribution < 1.29 is 9.59 Å². The lowest BCUT2D eigenvalue weighted by Crippen LogP contribution is -2.50. The van der Waals surface area contributed by atoms with E-state index in [4.69, 9.17) is 4.98 Å².